The van der Waals surface area contributed by atoms with Crippen molar-refractivity contribution in [3.05, 3.63) is 101 Å². The lowest BCUT2D eigenvalue weighted by molar-refractivity contribution is -0.137. The zero-order valence-corrected chi connectivity index (χ0v) is 19.1. The fraction of sp³-hybridized carbons (Fsp3) is 0.250. The van der Waals surface area contributed by atoms with Crippen LogP contribution in [-0.2, 0) is 16.2 Å². The zero-order chi connectivity index (χ0) is 23.6. The summed E-state index contributed by atoms with van der Waals surface area (Å²) in [5, 5.41) is 0.627. The highest BCUT2D eigenvalue weighted by molar-refractivity contribution is 7.89. The van der Waals surface area contributed by atoms with Gasteiger partial charge in [-0.25, -0.2) is 8.42 Å². The first-order chi connectivity index (χ1) is 15.7. The van der Waals surface area contributed by atoms with Gasteiger partial charge in [0.2, 0.25) is 10.0 Å². The number of alkyl halides is 3. The van der Waals surface area contributed by atoms with Crippen molar-refractivity contribution in [3.63, 3.8) is 0 Å². The summed E-state index contributed by atoms with van der Waals surface area (Å²) in [6.07, 6.45) is -4.61. The lowest BCUT2D eigenvalue weighted by atomic mass is 9.96. The standard InChI is InChI=1S/C24H22ClF3N2O2S/c25-21-11-9-19(10-12-21)23(18-5-2-1-3-6-18)29-13-15-30(16-14-29)33(31,32)22-8-4-7-20(17-22)24(26,27)28/h1-12,17,23H,13-16H2. The van der Waals surface area contributed by atoms with Crippen LogP contribution >= 0.6 is 11.6 Å². The molecule has 1 aliphatic rings. The number of sulfonamides is 1. The second-order valence-corrected chi connectivity index (χ2v) is 10.2. The summed E-state index contributed by atoms with van der Waals surface area (Å²) < 4.78 is 66.5. The van der Waals surface area contributed by atoms with Gasteiger partial charge in [0.1, 0.15) is 0 Å². The Bertz CT molecular complexity index is 1190. The van der Waals surface area contributed by atoms with Crippen LogP contribution in [0, 0.1) is 0 Å². The predicted octanol–water partition coefficient (Wildman–Crippen LogP) is 5.45. The molecule has 3 aromatic rings. The Kier molecular flexibility index (Phi) is 6.81. The van der Waals surface area contributed by atoms with Crippen LogP contribution in [0.1, 0.15) is 22.7 Å². The maximum atomic E-state index is 13.1. The average Bonchev–Trinajstić information content (AvgIpc) is 2.81. The van der Waals surface area contributed by atoms with E-state index >= 15 is 0 Å². The van der Waals surface area contributed by atoms with Crippen molar-refractivity contribution in [1.82, 2.24) is 9.21 Å². The van der Waals surface area contributed by atoms with E-state index in [0.717, 1.165) is 23.3 Å². The van der Waals surface area contributed by atoms with Crippen LogP contribution in [0.15, 0.2) is 83.8 Å². The summed E-state index contributed by atoms with van der Waals surface area (Å²) >= 11 is 6.06. The van der Waals surface area contributed by atoms with E-state index in [9.17, 15) is 21.6 Å². The van der Waals surface area contributed by atoms with Crippen LogP contribution in [-0.4, -0.2) is 43.8 Å². The molecule has 0 radical (unpaired) electrons. The molecular weight excluding hydrogens is 473 g/mol. The van der Waals surface area contributed by atoms with Crippen molar-refractivity contribution >= 4 is 21.6 Å². The molecule has 0 bridgehead atoms. The third kappa shape index (κ3) is 5.24. The highest BCUT2D eigenvalue weighted by atomic mass is 35.5. The van der Waals surface area contributed by atoms with Crippen LogP contribution in [0.2, 0.25) is 5.02 Å². The molecule has 4 rings (SSSR count). The van der Waals surface area contributed by atoms with E-state index in [2.05, 4.69) is 4.90 Å². The van der Waals surface area contributed by atoms with Gasteiger partial charge in [0, 0.05) is 31.2 Å². The Labute approximate surface area is 196 Å². The van der Waals surface area contributed by atoms with Crippen LogP contribution < -0.4 is 0 Å². The zero-order valence-electron chi connectivity index (χ0n) is 17.5. The minimum Gasteiger partial charge on any atom is -0.290 e. The number of hydrogen-bond donors (Lipinski definition) is 0. The van der Waals surface area contributed by atoms with E-state index in [1.54, 1.807) is 0 Å². The molecule has 1 fully saturated rings. The first kappa shape index (κ1) is 23.8. The molecule has 1 unspecified atom stereocenters. The third-order valence-electron chi connectivity index (χ3n) is 5.74. The van der Waals surface area contributed by atoms with E-state index in [4.69, 9.17) is 11.6 Å². The second-order valence-electron chi connectivity index (χ2n) is 7.83. The molecule has 3 aromatic carbocycles. The van der Waals surface area contributed by atoms with Gasteiger partial charge in [-0.15, -0.1) is 0 Å². The van der Waals surface area contributed by atoms with Gasteiger partial charge in [-0.05, 0) is 41.5 Å². The largest absolute Gasteiger partial charge is 0.416 e. The van der Waals surface area contributed by atoms with Crippen molar-refractivity contribution < 1.29 is 21.6 Å². The summed E-state index contributed by atoms with van der Waals surface area (Å²) in [7, 11) is -4.04. The maximum absolute atomic E-state index is 13.1. The van der Waals surface area contributed by atoms with E-state index in [0.29, 0.717) is 24.2 Å². The molecule has 0 amide bonds. The van der Waals surface area contributed by atoms with Gasteiger partial charge in [-0.3, -0.25) is 4.90 Å². The van der Waals surface area contributed by atoms with E-state index in [1.165, 1.54) is 10.4 Å². The van der Waals surface area contributed by atoms with Crippen molar-refractivity contribution in [2.75, 3.05) is 26.2 Å². The Morgan fingerprint density at radius 2 is 1.39 bits per heavy atom. The average molecular weight is 495 g/mol. The van der Waals surface area contributed by atoms with Gasteiger partial charge in [-0.1, -0.05) is 60.1 Å². The Morgan fingerprint density at radius 1 is 0.788 bits per heavy atom. The summed E-state index contributed by atoms with van der Waals surface area (Å²) in [5.74, 6) is 0. The van der Waals surface area contributed by atoms with Crippen molar-refractivity contribution in [2.24, 2.45) is 0 Å². The normalized spacial score (nSPS) is 17.1. The second kappa shape index (κ2) is 9.46. The molecule has 1 aliphatic heterocycles. The topological polar surface area (TPSA) is 40.6 Å². The minimum absolute atomic E-state index is 0.0955. The molecule has 0 N–H and O–H groups in total. The van der Waals surface area contributed by atoms with Crippen LogP contribution in [0.4, 0.5) is 13.2 Å². The Hall–Kier alpha value is -2.39. The molecule has 0 aliphatic carbocycles. The number of hydrogen-bond acceptors (Lipinski definition) is 3. The Balaban J connectivity index is 1.56. The van der Waals surface area contributed by atoms with Crippen LogP contribution in [0.25, 0.3) is 0 Å². The summed E-state index contributed by atoms with van der Waals surface area (Å²) in [4.78, 5) is 1.83. The lowest BCUT2D eigenvalue weighted by Crippen LogP contribution is -2.49. The quantitative estimate of drug-likeness (QED) is 0.473. The summed E-state index contributed by atoms with van der Waals surface area (Å²) in [6.45, 7) is 1.21. The molecule has 0 saturated carbocycles. The van der Waals surface area contributed by atoms with Crippen molar-refractivity contribution in [2.45, 2.75) is 17.1 Å². The number of halogens is 4. The van der Waals surface area contributed by atoms with Crippen molar-refractivity contribution in [3.8, 4) is 0 Å². The SMILES string of the molecule is O=S(=O)(c1cccc(C(F)(F)F)c1)N1CCN(C(c2ccccc2)c2ccc(Cl)cc2)CC1. The number of piperazine rings is 1. The predicted molar refractivity (Wildman–Crippen MR) is 122 cm³/mol. The number of rotatable bonds is 5. The van der Waals surface area contributed by atoms with Gasteiger partial charge >= 0.3 is 6.18 Å². The monoisotopic (exact) mass is 494 g/mol. The van der Waals surface area contributed by atoms with Crippen LogP contribution in [0.3, 0.4) is 0 Å². The van der Waals surface area contributed by atoms with E-state index in [-0.39, 0.29) is 24.0 Å². The maximum Gasteiger partial charge on any atom is 0.416 e. The van der Waals surface area contributed by atoms with Gasteiger partial charge in [0.05, 0.1) is 16.5 Å². The van der Waals surface area contributed by atoms with Gasteiger partial charge in [0.25, 0.3) is 0 Å². The fourth-order valence-electron chi connectivity index (χ4n) is 4.08. The molecule has 0 aromatic heterocycles. The van der Waals surface area contributed by atoms with Crippen molar-refractivity contribution in [1.29, 1.82) is 0 Å². The molecule has 9 heteroatoms. The first-order valence-electron chi connectivity index (χ1n) is 10.4. The van der Waals surface area contributed by atoms with Gasteiger partial charge in [-0.2, -0.15) is 17.5 Å². The van der Waals surface area contributed by atoms with Gasteiger partial charge in [0.15, 0.2) is 0 Å². The fourth-order valence-corrected chi connectivity index (χ4v) is 5.67. The van der Waals surface area contributed by atoms with Crippen LogP contribution in [0.5, 0.6) is 0 Å². The smallest absolute Gasteiger partial charge is 0.290 e. The molecular formula is C24H22ClF3N2O2S. The molecule has 1 heterocycles. The van der Waals surface area contributed by atoms with Gasteiger partial charge < -0.3 is 0 Å². The number of benzene rings is 3. The molecule has 33 heavy (non-hydrogen) atoms. The highest BCUT2D eigenvalue weighted by Gasteiger charge is 2.35. The summed E-state index contributed by atoms with van der Waals surface area (Å²) in [5.41, 5.74) is 1.11. The van der Waals surface area contributed by atoms with E-state index in [1.807, 2.05) is 54.6 Å². The number of nitrogens with zero attached hydrogens (tertiary/aromatic N) is 2. The first-order valence-corrected chi connectivity index (χ1v) is 12.2. The Morgan fingerprint density at radius 3 is 2.00 bits per heavy atom. The molecule has 174 valence electrons. The minimum atomic E-state index is -4.61. The van der Waals surface area contributed by atoms with E-state index < -0.39 is 21.8 Å². The molecule has 4 nitrogen and oxygen atoms in total. The molecule has 1 atom stereocenters. The highest BCUT2D eigenvalue weighted by Crippen LogP contribution is 2.33. The summed E-state index contributed by atoms with van der Waals surface area (Å²) in [6, 6.07) is 21.2. The molecule has 0 spiro atoms. The lowest BCUT2D eigenvalue weighted by Gasteiger charge is -2.39. The third-order valence-corrected chi connectivity index (χ3v) is 7.89. The molecule has 1 saturated heterocycles.